The monoisotopic (exact) mass is 475 g/mol. The summed E-state index contributed by atoms with van der Waals surface area (Å²) in [5.74, 6) is 0.137. The van der Waals surface area contributed by atoms with Crippen molar-refractivity contribution in [2.24, 2.45) is 10.2 Å². The average Bonchev–Trinajstić information content (AvgIpc) is 3.12. The van der Waals surface area contributed by atoms with Gasteiger partial charge in [0.15, 0.2) is 5.69 Å². The first kappa shape index (κ1) is 23.5. The number of amides is 1. The molecule has 0 aliphatic carbocycles. The Morgan fingerprint density at radius 1 is 1.00 bits per heavy atom. The number of hydrogen-bond donors (Lipinski definition) is 1. The highest BCUT2D eigenvalue weighted by atomic mass is 35.5. The van der Waals surface area contributed by atoms with Crippen LogP contribution in [0.4, 0.5) is 5.69 Å². The van der Waals surface area contributed by atoms with Crippen LogP contribution in [0.25, 0.3) is 10.9 Å². The topological polar surface area (TPSA) is 76.2 Å². The molecule has 34 heavy (non-hydrogen) atoms. The van der Waals surface area contributed by atoms with Crippen molar-refractivity contribution in [1.82, 2.24) is 4.57 Å². The Bertz CT molecular complexity index is 1330. The minimum Gasteiger partial charge on any atom is -0.493 e. The largest absolute Gasteiger partial charge is 0.493 e. The van der Waals surface area contributed by atoms with Crippen molar-refractivity contribution in [2.75, 3.05) is 6.61 Å². The third-order valence-electron chi connectivity index (χ3n) is 5.57. The summed E-state index contributed by atoms with van der Waals surface area (Å²) in [6.45, 7) is 3.18. The van der Waals surface area contributed by atoms with Gasteiger partial charge in [0.2, 0.25) is 5.88 Å². The Hall–Kier alpha value is -3.64. The smallest absolute Gasteiger partial charge is 0.296 e. The zero-order valence-corrected chi connectivity index (χ0v) is 19.7. The van der Waals surface area contributed by atoms with E-state index < -0.39 is 5.91 Å². The zero-order valence-electron chi connectivity index (χ0n) is 18.9. The second-order valence-corrected chi connectivity index (χ2v) is 8.33. The van der Waals surface area contributed by atoms with Crippen molar-refractivity contribution < 1.29 is 14.6 Å². The van der Waals surface area contributed by atoms with Gasteiger partial charge in [0.05, 0.1) is 29.3 Å². The van der Waals surface area contributed by atoms with Crippen LogP contribution in [0, 0.1) is 0 Å². The number of nitrogens with zero attached hydrogens (tertiary/aromatic N) is 3. The van der Waals surface area contributed by atoms with Crippen LogP contribution >= 0.6 is 11.6 Å². The molecule has 0 radical (unpaired) electrons. The number of para-hydroxylation sites is 2. The molecule has 4 aromatic rings. The highest BCUT2D eigenvalue weighted by Crippen LogP contribution is 2.40. The molecule has 0 saturated heterocycles. The number of hydrogen-bond acceptors (Lipinski definition) is 4. The summed E-state index contributed by atoms with van der Waals surface area (Å²) < 4.78 is 7.76. The zero-order chi connectivity index (χ0) is 23.9. The second-order valence-electron chi connectivity index (χ2n) is 7.92. The first-order valence-electron chi connectivity index (χ1n) is 11.3. The van der Waals surface area contributed by atoms with Gasteiger partial charge in [-0.3, -0.25) is 4.79 Å². The maximum Gasteiger partial charge on any atom is 0.296 e. The van der Waals surface area contributed by atoms with Gasteiger partial charge in [-0.15, -0.1) is 10.2 Å². The van der Waals surface area contributed by atoms with Gasteiger partial charge in [0.1, 0.15) is 5.75 Å². The van der Waals surface area contributed by atoms with Crippen LogP contribution in [0.2, 0.25) is 5.02 Å². The van der Waals surface area contributed by atoms with Crippen molar-refractivity contribution in [1.29, 1.82) is 0 Å². The Morgan fingerprint density at radius 2 is 1.74 bits per heavy atom. The van der Waals surface area contributed by atoms with Gasteiger partial charge < -0.3 is 14.4 Å². The van der Waals surface area contributed by atoms with E-state index in [1.807, 2.05) is 48.5 Å². The molecule has 1 N–H and O–H groups in total. The number of carbonyl (C=O) groups excluding carboxylic acids is 1. The Balaban J connectivity index is 1.66. The highest BCUT2D eigenvalue weighted by molar-refractivity contribution is 6.33. The van der Waals surface area contributed by atoms with E-state index in [1.54, 1.807) is 28.8 Å². The summed E-state index contributed by atoms with van der Waals surface area (Å²) in [5.41, 5.74) is 2.20. The van der Waals surface area contributed by atoms with Crippen LogP contribution in [0.15, 0.2) is 83.0 Å². The lowest BCUT2D eigenvalue weighted by atomic mass is 10.2. The number of aromatic hydroxyl groups is 1. The van der Waals surface area contributed by atoms with Crippen LogP contribution in [-0.2, 0) is 6.54 Å². The molecule has 0 bridgehead atoms. The standard InChI is InChI=1S/C27H26ClN3O3/c1-2-3-10-17-34-24-16-9-4-11-19(24)18-31-23-15-8-6-13-21(23)25(27(31)33)29-30-26(32)20-12-5-7-14-22(20)28/h4-9,11-16,33H,2-3,10,17-18H2,1H3. The van der Waals surface area contributed by atoms with E-state index in [-0.39, 0.29) is 17.1 Å². The Kier molecular flexibility index (Phi) is 7.60. The number of ether oxygens (including phenoxy) is 1. The van der Waals surface area contributed by atoms with Crippen LogP contribution < -0.4 is 4.74 Å². The molecule has 0 aliphatic heterocycles. The van der Waals surface area contributed by atoms with Crippen molar-refractivity contribution in [3.63, 3.8) is 0 Å². The van der Waals surface area contributed by atoms with Gasteiger partial charge in [0, 0.05) is 10.9 Å². The first-order chi connectivity index (χ1) is 16.6. The molecule has 0 fully saturated rings. The summed E-state index contributed by atoms with van der Waals surface area (Å²) in [5, 5.41) is 20.0. The summed E-state index contributed by atoms with van der Waals surface area (Å²) >= 11 is 6.10. The molecule has 1 aromatic heterocycles. The first-order valence-corrected chi connectivity index (χ1v) is 11.7. The lowest BCUT2D eigenvalue weighted by molar-refractivity contribution is 0.0995. The molecule has 1 amide bonds. The fraction of sp³-hybridized carbons (Fsp3) is 0.222. The van der Waals surface area contributed by atoms with Gasteiger partial charge >= 0.3 is 0 Å². The molecule has 0 saturated carbocycles. The number of fused-ring (bicyclic) bond motifs is 1. The van der Waals surface area contributed by atoms with Crippen molar-refractivity contribution in [2.45, 2.75) is 32.7 Å². The number of carbonyl (C=O) groups is 1. The van der Waals surface area contributed by atoms with E-state index >= 15 is 0 Å². The molecule has 1 heterocycles. The summed E-state index contributed by atoms with van der Waals surface area (Å²) in [4.78, 5) is 12.5. The SMILES string of the molecule is CCCCCOc1ccccc1Cn1c(O)c(N=NC(=O)c2ccccc2Cl)c2ccccc21. The summed E-state index contributed by atoms with van der Waals surface area (Å²) in [6.07, 6.45) is 3.24. The van der Waals surface area contributed by atoms with E-state index in [0.29, 0.717) is 23.6 Å². The Labute approximate surface area is 203 Å². The molecule has 174 valence electrons. The maximum atomic E-state index is 12.5. The van der Waals surface area contributed by atoms with Crippen molar-refractivity contribution in [3.05, 3.63) is 88.9 Å². The third-order valence-corrected chi connectivity index (χ3v) is 5.90. The van der Waals surface area contributed by atoms with Crippen LogP contribution in [-0.4, -0.2) is 22.2 Å². The van der Waals surface area contributed by atoms with Crippen molar-refractivity contribution in [3.8, 4) is 11.6 Å². The summed E-state index contributed by atoms with van der Waals surface area (Å²) in [6, 6.07) is 21.9. The van der Waals surface area contributed by atoms with Gasteiger partial charge in [-0.25, -0.2) is 0 Å². The molecule has 3 aromatic carbocycles. The lowest BCUT2D eigenvalue weighted by Gasteiger charge is -2.13. The van der Waals surface area contributed by atoms with Gasteiger partial charge in [-0.05, 0) is 30.7 Å². The van der Waals surface area contributed by atoms with Gasteiger partial charge in [-0.1, -0.05) is 79.9 Å². The number of benzene rings is 3. The average molecular weight is 476 g/mol. The molecule has 0 unspecified atom stereocenters. The number of halogens is 1. The van der Waals surface area contributed by atoms with Crippen LogP contribution in [0.1, 0.15) is 42.1 Å². The maximum absolute atomic E-state index is 12.5. The second kappa shape index (κ2) is 11.0. The van der Waals surface area contributed by atoms with E-state index in [2.05, 4.69) is 17.2 Å². The number of aromatic nitrogens is 1. The highest BCUT2D eigenvalue weighted by Gasteiger charge is 2.18. The Morgan fingerprint density at radius 3 is 2.56 bits per heavy atom. The van der Waals surface area contributed by atoms with E-state index in [4.69, 9.17) is 16.3 Å². The number of rotatable bonds is 9. The number of azo groups is 1. The minimum absolute atomic E-state index is 0.0716. The van der Waals surface area contributed by atoms with E-state index in [0.717, 1.165) is 36.1 Å². The van der Waals surface area contributed by atoms with Crippen LogP contribution in [0.5, 0.6) is 11.6 Å². The van der Waals surface area contributed by atoms with E-state index in [1.165, 1.54) is 0 Å². The molecule has 6 nitrogen and oxygen atoms in total. The molecular weight excluding hydrogens is 450 g/mol. The van der Waals surface area contributed by atoms with Crippen molar-refractivity contribution >= 4 is 34.1 Å². The predicted molar refractivity (Wildman–Crippen MR) is 134 cm³/mol. The number of unbranched alkanes of at least 4 members (excludes halogenated alkanes) is 2. The van der Waals surface area contributed by atoms with Gasteiger partial charge in [-0.2, -0.15) is 0 Å². The molecule has 0 spiro atoms. The fourth-order valence-corrected chi connectivity index (χ4v) is 4.01. The molecule has 0 atom stereocenters. The molecule has 0 aliphatic rings. The molecule has 4 rings (SSSR count). The van der Waals surface area contributed by atoms with Gasteiger partial charge in [0.25, 0.3) is 5.91 Å². The fourth-order valence-electron chi connectivity index (χ4n) is 3.79. The molecule has 7 heteroatoms. The summed E-state index contributed by atoms with van der Waals surface area (Å²) in [7, 11) is 0. The van der Waals surface area contributed by atoms with Crippen LogP contribution in [0.3, 0.4) is 0 Å². The quantitative estimate of drug-likeness (QED) is 0.200. The normalized spacial score (nSPS) is 11.4. The van der Waals surface area contributed by atoms with E-state index in [9.17, 15) is 9.90 Å². The minimum atomic E-state index is -0.576. The lowest BCUT2D eigenvalue weighted by Crippen LogP contribution is -2.04. The molecular formula is C27H26ClN3O3. The predicted octanol–water partition coefficient (Wildman–Crippen LogP) is 7.54. The third kappa shape index (κ3) is 5.13.